The SMILES string of the molecule is COC(=O)C1CN(C(=O)C2(CC(C)C)CCCC2)CCO1. The molecule has 2 aliphatic rings. The molecule has 120 valence electrons. The van der Waals surface area contributed by atoms with Gasteiger partial charge in [0.05, 0.1) is 20.3 Å². The van der Waals surface area contributed by atoms with Crippen molar-refractivity contribution in [3.63, 3.8) is 0 Å². The molecule has 5 heteroatoms. The predicted octanol–water partition coefficient (Wildman–Crippen LogP) is 1.99. The molecule has 1 aliphatic heterocycles. The van der Waals surface area contributed by atoms with E-state index >= 15 is 0 Å². The number of methoxy groups -OCH3 is 1. The number of hydrogen-bond acceptors (Lipinski definition) is 4. The van der Waals surface area contributed by atoms with E-state index in [0.29, 0.717) is 25.6 Å². The first-order valence-corrected chi connectivity index (χ1v) is 7.97. The number of amides is 1. The second kappa shape index (κ2) is 6.77. The highest BCUT2D eigenvalue weighted by Crippen LogP contribution is 2.44. The fraction of sp³-hybridized carbons (Fsp3) is 0.875. The minimum Gasteiger partial charge on any atom is -0.467 e. The average molecular weight is 297 g/mol. The minimum atomic E-state index is -0.634. The molecule has 5 nitrogen and oxygen atoms in total. The molecule has 2 rings (SSSR count). The van der Waals surface area contributed by atoms with Gasteiger partial charge in [-0.2, -0.15) is 0 Å². The van der Waals surface area contributed by atoms with Gasteiger partial charge in [-0.1, -0.05) is 26.7 Å². The summed E-state index contributed by atoms with van der Waals surface area (Å²) in [6.45, 7) is 5.65. The van der Waals surface area contributed by atoms with Crippen LogP contribution in [0, 0.1) is 11.3 Å². The lowest BCUT2D eigenvalue weighted by atomic mass is 9.77. The van der Waals surface area contributed by atoms with Crippen LogP contribution in [-0.2, 0) is 19.1 Å². The topological polar surface area (TPSA) is 55.8 Å². The van der Waals surface area contributed by atoms with Crippen molar-refractivity contribution in [2.75, 3.05) is 26.8 Å². The molecule has 1 heterocycles. The number of esters is 1. The van der Waals surface area contributed by atoms with Crippen LogP contribution in [0.25, 0.3) is 0 Å². The summed E-state index contributed by atoms with van der Waals surface area (Å²) in [5.41, 5.74) is -0.216. The molecule has 1 amide bonds. The number of carbonyl (C=O) groups is 2. The Hall–Kier alpha value is -1.10. The Morgan fingerprint density at radius 2 is 2.00 bits per heavy atom. The third kappa shape index (κ3) is 3.57. The Kier molecular flexibility index (Phi) is 5.25. The van der Waals surface area contributed by atoms with E-state index in [-0.39, 0.29) is 11.3 Å². The molecular weight excluding hydrogens is 270 g/mol. The summed E-state index contributed by atoms with van der Waals surface area (Å²) in [5, 5.41) is 0. The Balaban J connectivity index is 2.08. The third-order valence-electron chi connectivity index (χ3n) is 4.63. The molecule has 1 saturated carbocycles. The molecule has 1 atom stereocenters. The van der Waals surface area contributed by atoms with Crippen LogP contribution >= 0.6 is 0 Å². The number of morpholine rings is 1. The van der Waals surface area contributed by atoms with Crippen molar-refractivity contribution < 1.29 is 19.1 Å². The fourth-order valence-corrected chi connectivity index (χ4v) is 3.78. The van der Waals surface area contributed by atoms with E-state index in [4.69, 9.17) is 9.47 Å². The Morgan fingerprint density at radius 1 is 1.33 bits per heavy atom. The zero-order valence-corrected chi connectivity index (χ0v) is 13.4. The molecule has 0 aromatic heterocycles. The van der Waals surface area contributed by atoms with Crippen LogP contribution < -0.4 is 0 Å². The van der Waals surface area contributed by atoms with Gasteiger partial charge in [0.2, 0.25) is 5.91 Å². The van der Waals surface area contributed by atoms with Crippen LogP contribution in [0.15, 0.2) is 0 Å². The quantitative estimate of drug-likeness (QED) is 0.745. The van der Waals surface area contributed by atoms with E-state index in [1.807, 2.05) is 4.90 Å². The first-order chi connectivity index (χ1) is 9.98. The molecule has 0 aromatic carbocycles. The second-order valence-electron chi connectivity index (χ2n) is 6.72. The van der Waals surface area contributed by atoms with Gasteiger partial charge in [0.1, 0.15) is 0 Å². The Labute approximate surface area is 127 Å². The molecule has 0 aromatic rings. The third-order valence-corrected chi connectivity index (χ3v) is 4.63. The molecule has 0 bridgehead atoms. The van der Waals surface area contributed by atoms with E-state index in [0.717, 1.165) is 32.1 Å². The van der Waals surface area contributed by atoms with Gasteiger partial charge in [0.25, 0.3) is 0 Å². The lowest BCUT2D eigenvalue weighted by molar-refractivity contribution is -0.165. The number of ether oxygens (including phenoxy) is 2. The van der Waals surface area contributed by atoms with Gasteiger partial charge in [-0.15, -0.1) is 0 Å². The van der Waals surface area contributed by atoms with Gasteiger partial charge >= 0.3 is 5.97 Å². The van der Waals surface area contributed by atoms with E-state index in [1.54, 1.807) is 0 Å². The summed E-state index contributed by atoms with van der Waals surface area (Å²) in [6.07, 6.45) is 4.51. The molecule has 1 aliphatic carbocycles. The normalized spacial score (nSPS) is 25.1. The van der Waals surface area contributed by atoms with Gasteiger partial charge in [-0.25, -0.2) is 4.79 Å². The molecule has 2 fully saturated rings. The van der Waals surface area contributed by atoms with Crippen LogP contribution in [0.1, 0.15) is 46.0 Å². The largest absolute Gasteiger partial charge is 0.467 e. The fourth-order valence-electron chi connectivity index (χ4n) is 3.78. The maximum absolute atomic E-state index is 13.0. The minimum absolute atomic E-state index is 0.214. The summed E-state index contributed by atoms with van der Waals surface area (Å²) in [5.74, 6) is 0.326. The van der Waals surface area contributed by atoms with E-state index in [9.17, 15) is 9.59 Å². The molecule has 0 spiro atoms. The smallest absolute Gasteiger partial charge is 0.336 e. The highest BCUT2D eigenvalue weighted by molar-refractivity contribution is 5.84. The lowest BCUT2D eigenvalue weighted by Gasteiger charge is -2.39. The van der Waals surface area contributed by atoms with E-state index in [2.05, 4.69) is 13.8 Å². The molecule has 0 radical (unpaired) electrons. The predicted molar refractivity (Wildman–Crippen MR) is 78.7 cm³/mol. The monoisotopic (exact) mass is 297 g/mol. The summed E-state index contributed by atoms with van der Waals surface area (Å²) in [7, 11) is 1.35. The second-order valence-corrected chi connectivity index (χ2v) is 6.72. The van der Waals surface area contributed by atoms with Crippen molar-refractivity contribution in [3.8, 4) is 0 Å². The highest BCUT2D eigenvalue weighted by atomic mass is 16.6. The van der Waals surface area contributed by atoms with E-state index in [1.165, 1.54) is 7.11 Å². The van der Waals surface area contributed by atoms with Gasteiger partial charge in [-0.05, 0) is 25.2 Å². The van der Waals surface area contributed by atoms with Crippen molar-refractivity contribution in [2.24, 2.45) is 11.3 Å². The summed E-state index contributed by atoms with van der Waals surface area (Å²) in [6, 6.07) is 0. The summed E-state index contributed by atoms with van der Waals surface area (Å²) >= 11 is 0. The van der Waals surface area contributed by atoms with Crippen LogP contribution in [0.5, 0.6) is 0 Å². The van der Waals surface area contributed by atoms with Crippen molar-refractivity contribution in [1.82, 2.24) is 4.90 Å². The molecule has 1 saturated heterocycles. The average Bonchev–Trinajstić information content (AvgIpc) is 2.94. The number of carbonyl (C=O) groups excluding carboxylic acids is 2. The van der Waals surface area contributed by atoms with Crippen molar-refractivity contribution in [2.45, 2.75) is 52.1 Å². The highest BCUT2D eigenvalue weighted by Gasteiger charge is 2.45. The van der Waals surface area contributed by atoms with Crippen LogP contribution in [-0.4, -0.2) is 49.7 Å². The van der Waals surface area contributed by atoms with Gasteiger partial charge in [-0.3, -0.25) is 4.79 Å². The van der Waals surface area contributed by atoms with E-state index < -0.39 is 12.1 Å². The van der Waals surface area contributed by atoms with Crippen LogP contribution in [0.4, 0.5) is 0 Å². The molecular formula is C16H27NO4. The zero-order chi connectivity index (χ0) is 15.5. The Bertz CT molecular complexity index is 388. The molecule has 0 N–H and O–H groups in total. The number of hydrogen-bond donors (Lipinski definition) is 0. The maximum atomic E-state index is 13.0. The van der Waals surface area contributed by atoms with Gasteiger partial charge in [0.15, 0.2) is 6.10 Å². The van der Waals surface area contributed by atoms with Crippen molar-refractivity contribution in [3.05, 3.63) is 0 Å². The first kappa shape index (κ1) is 16.3. The summed E-state index contributed by atoms with van der Waals surface area (Å²) in [4.78, 5) is 26.5. The Morgan fingerprint density at radius 3 is 2.57 bits per heavy atom. The number of rotatable bonds is 4. The standard InChI is InChI=1S/C16H27NO4/c1-12(2)10-16(6-4-5-7-16)15(19)17-8-9-21-13(11-17)14(18)20-3/h12-13H,4-11H2,1-3H3. The van der Waals surface area contributed by atoms with Gasteiger partial charge < -0.3 is 14.4 Å². The number of nitrogens with zero attached hydrogens (tertiary/aromatic N) is 1. The molecule has 1 unspecified atom stereocenters. The first-order valence-electron chi connectivity index (χ1n) is 7.97. The maximum Gasteiger partial charge on any atom is 0.336 e. The van der Waals surface area contributed by atoms with Gasteiger partial charge in [0, 0.05) is 12.0 Å². The van der Waals surface area contributed by atoms with Crippen molar-refractivity contribution in [1.29, 1.82) is 0 Å². The van der Waals surface area contributed by atoms with Crippen molar-refractivity contribution >= 4 is 11.9 Å². The summed E-state index contributed by atoms with van der Waals surface area (Å²) < 4.78 is 10.2. The molecule has 21 heavy (non-hydrogen) atoms. The van der Waals surface area contributed by atoms with Crippen LogP contribution in [0.3, 0.4) is 0 Å². The lowest BCUT2D eigenvalue weighted by Crippen LogP contribution is -2.53. The van der Waals surface area contributed by atoms with Crippen LogP contribution in [0.2, 0.25) is 0 Å². The zero-order valence-electron chi connectivity index (χ0n) is 13.4.